The van der Waals surface area contributed by atoms with Crippen molar-refractivity contribution >= 4 is 11.8 Å². The largest absolute Gasteiger partial charge is 0.391 e. The second-order valence-corrected chi connectivity index (χ2v) is 6.10. The number of aliphatic hydroxyl groups is 1. The van der Waals surface area contributed by atoms with E-state index < -0.39 is 6.10 Å². The number of nitrogens with one attached hydrogen (secondary N) is 1. The smallest absolute Gasteiger partial charge is 0.253 e. The van der Waals surface area contributed by atoms with Crippen LogP contribution >= 0.6 is 0 Å². The SMILES string of the molecule is CN(C)C(=O)c1cccc(C(=O)NCC(O)C2CCCC2)c1. The summed E-state index contributed by atoms with van der Waals surface area (Å²) >= 11 is 0. The van der Waals surface area contributed by atoms with E-state index in [1.807, 2.05) is 0 Å². The first-order valence-corrected chi connectivity index (χ1v) is 7.77. The van der Waals surface area contributed by atoms with Gasteiger partial charge in [0.15, 0.2) is 0 Å². The van der Waals surface area contributed by atoms with E-state index in [2.05, 4.69) is 5.32 Å². The highest BCUT2D eigenvalue weighted by Crippen LogP contribution is 2.27. The molecule has 1 aromatic carbocycles. The molecule has 1 atom stereocenters. The zero-order chi connectivity index (χ0) is 16.1. The number of carbonyl (C=O) groups is 2. The van der Waals surface area contributed by atoms with E-state index in [0.717, 1.165) is 25.7 Å². The van der Waals surface area contributed by atoms with E-state index in [0.29, 0.717) is 17.0 Å². The molecule has 120 valence electrons. The van der Waals surface area contributed by atoms with E-state index in [1.54, 1.807) is 38.4 Å². The van der Waals surface area contributed by atoms with Crippen LogP contribution < -0.4 is 5.32 Å². The lowest BCUT2D eigenvalue weighted by atomic mass is 10.0. The minimum absolute atomic E-state index is 0.138. The summed E-state index contributed by atoms with van der Waals surface area (Å²) in [6.07, 6.45) is 3.89. The Morgan fingerprint density at radius 2 is 1.91 bits per heavy atom. The minimum Gasteiger partial charge on any atom is -0.391 e. The molecule has 22 heavy (non-hydrogen) atoms. The van der Waals surface area contributed by atoms with Crippen molar-refractivity contribution < 1.29 is 14.7 Å². The minimum atomic E-state index is -0.488. The third-order valence-electron chi connectivity index (χ3n) is 4.19. The Bertz CT molecular complexity index is 536. The first kappa shape index (κ1) is 16.5. The Labute approximate surface area is 131 Å². The van der Waals surface area contributed by atoms with Crippen molar-refractivity contribution in [2.24, 2.45) is 5.92 Å². The molecule has 1 saturated carbocycles. The first-order chi connectivity index (χ1) is 10.5. The van der Waals surface area contributed by atoms with Crippen LogP contribution in [0.1, 0.15) is 46.4 Å². The molecular formula is C17H24N2O3. The molecule has 0 aliphatic heterocycles. The number of rotatable bonds is 5. The van der Waals surface area contributed by atoms with Gasteiger partial charge >= 0.3 is 0 Å². The first-order valence-electron chi connectivity index (χ1n) is 7.77. The van der Waals surface area contributed by atoms with Gasteiger partial charge in [-0.3, -0.25) is 9.59 Å². The van der Waals surface area contributed by atoms with Gasteiger partial charge in [0.1, 0.15) is 0 Å². The average molecular weight is 304 g/mol. The zero-order valence-corrected chi connectivity index (χ0v) is 13.2. The van der Waals surface area contributed by atoms with Crippen molar-refractivity contribution in [3.8, 4) is 0 Å². The topological polar surface area (TPSA) is 69.6 Å². The predicted molar refractivity (Wildman–Crippen MR) is 84.8 cm³/mol. The van der Waals surface area contributed by atoms with Crippen molar-refractivity contribution in [3.05, 3.63) is 35.4 Å². The van der Waals surface area contributed by atoms with Crippen LogP contribution in [0.3, 0.4) is 0 Å². The van der Waals surface area contributed by atoms with Crippen LogP contribution in [0, 0.1) is 5.92 Å². The normalized spacial score (nSPS) is 16.3. The van der Waals surface area contributed by atoms with Gasteiger partial charge in [-0.25, -0.2) is 0 Å². The zero-order valence-electron chi connectivity index (χ0n) is 13.2. The van der Waals surface area contributed by atoms with E-state index in [9.17, 15) is 14.7 Å². The third-order valence-corrected chi connectivity index (χ3v) is 4.19. The molecule has 0 spiro atoms. The summed E-state index contributed by atoms with van der Waals surface area (Å²) in [4.78, 5) is 25.5. The van der Waals surface area contributed by atoms with Gasteiger partial charge in [-0.1, -0.05) is 18.9 Å². The molecule has 0 heterocycles. The fourth-order valence-electron chi connectivity index (χ4n) is 2.86. The molecule has 5 nitrogen and oxygen atoms in total. The van der Waals surface area contributed by atoms with Crippen molar-refractivity contribution in [1.29, 1.82) is 0 Å². The molecular weight excluding hydrogens is 280 g/mol. The Morgan fingerprint density at radius 1 is 1.27 bits per heavy atom. The summed E-state index contributed by atoms with van der Waals surface area (Å²) < 4.78 is 0. The molecule has 1 fully saturated rings. The van der Waals surface area contributed by atoms with E-state index in [4.69, 9.17) is 0 Å². The van der Waals surface area contributed by atoms with E-state index in [1.165, 1.54) is 4.90 Å². The number of benzene rings is 1. The van der Waals surface area contributed by atoms with Gasteiger partial charge in [0.05, 0.1) is 6.10 Å². The number of amides is 2. The van der Waals surface area contributed by atoms with Gasteiger partial charge < -0.3 is 15.3 Å². The Kier molecular flexibility index (Phi) is 5.55. The molecule has 1 unspecified atom stereocenters. The summed E-state index contributed by atoms with van der Waals surface area (Å²) in [5, 5.41) is 12.8. The fraction of sp³-hybridized carbons (Fsp3) is 0.529. The van der Waals surface area contributed by atoms with Crippen molar-refractivity contribution in [2.75, 3.05) is 20.6 Å². The monoisotopic (exact) mass is 304 g/mol. The van der Waals surface area contributed by atoms with Crippen molar-refractivity contribution in [2.45, 2.75) is 31.8 Å². The van der Waals surface area contributed by atoms with Crippen LogP contribution in [0.15, 0.2) is 24.3 Å². The lowest BCUT2D eigenvalue weighted by molar-refractivity contribution is 0.0827. The summed E-state index contributed by atoms with van der Waals surface area (Å²) in [5.74, 6) is -0.104. The molecule has 1 aliphatic carbocycles. The van der Waals surface area contributed by atoms with E-state index >= 15 is 0 Å². The van der Waals surface area contributed by atoms with Crippen molar-refractivity contribution in [3.63, 3.8) is 0 Å². The number of nitrogens with zero attached hydrogens (tertiary/aromatic N) is 1. The molecule has 2 amide bonds. The van der Waals surface area contributed by atoms with Crippen LogP contribution in [0.2, 0.25) is 0 Å². The van der Waals surface area contributed by atoms with E-state index in [-0.39, 0.29) is 18.4 Å². The molecule has 0 bridgehead atoms. The van der Waals surface area contributed by atoms with Gasteiger partial charge in [0.25, 0.3) is 11.8 Å². The maximum atomic E-state index is 12.2. The highest BCUT2D eigenvalue weighted by Gasteiger charge is 2.23. The molecule has 5 heteroatoms. The van der Waals surface area contributed by atoms with Crippen LogP contribution in [0.25, 0.3) is 0 Å². The van der Waals surface area contributed by atoms with Crippen LogP contribution in [0.4, 0.5) is 0 Å². The van der Waals surface area contributed by atoms with Crippen molar-refractivity contribution in [1.82, 2.24) is 10.2 Å². The molecule has 0 aromatic heterocycles. The third kappa shape index (κ3) is 4.07. The predicted octanol–water partition coefficient (Wildman–Crippen LogP) is 1.67. The fourth-order valence-corrected chi connectivity index (χ4v) is 2.86. The average Bonchev–Trinajstić information content (AvgIpc) is 3.06. The summed E-state index contributed by atoms with van der Waals surface area (Å²) in [7, 11) is 3.35. The quantitative estimate of drug-likeness (QED) is 0.869. The highest BCUT2D eigenvalue weighted by molar-refractivity contribution is 5.99. The molecule has 2 rings (SSSR count). The molecule has 0 radical (unpaired) electrons. The second kappa shape index (κ2) is 7.40. The molecule has 1 aromatic rings. The molecule has 0 saturated heterocycles. The molecule has 2 N–H and O–H groups in total. The standard InChI is InChI=1S/C17H24N2O3/c1-19(2)17(22)14-9-5-8-13(10-14)16(21)18-11-15(20)12-6-3-4-7-12/h5,8-10,12,15,20H,3-4,6-7,11H2,1-2H3,(H,18,21). The van der Waals surface area contributed by atoms with Gasteiger partial charge in [0.2, 0.25) is 0 Å². The molecule has 1 aliphatic rings. The van der Waals surface area contributed by atoms with Gasteiger partial charge in [0, 0.05) is 31.8 Å². The van der Waals surface area contributed by atoms with Gasteiger partial charge in [-0.05, 0) is 37.0 Å². The van der Waals surface area contributed by atoms with Crippen LogP contribution in [0.5, 0.6) is 0 Å². The van der Waals surface area contributed by atoms with Crippen LogP contribution in [-0.4, -0.2) is 48.6 Å². The Balaban J connectivity index is 1.94. The second-order valence-electron chi connectivity index (χ2n) is 6.10. The number of hydrogen-bond donors (Lipinski definition) is 2. The van der Waals surface area contributed by atoms with Crippen LogP contribution in [-0.2, 0) is 0 Å². The summed E-state index contributed by atoms with van der Waals surface area (Å²) in [5.41, 5.74) is 0.917. The number of carbonyl (C=O) groups excluding carboxylic acids is 2. The lowest BCUT2D eigenvalue weighted by Crippen LogP contribution is -2.35. The highest BCUT2D eigenvalue weighted by atomic mass is 16.3. The van der Waals surface area contributed by atoms with Gasteiger partial charge in [-0.2, -0.15) is 0 Å². The van der Waals surface area contributed by atoms with Gasteiger partial charge in [-0.15, -0.1) is 0 Å². The number of hydrogen-bond acceptors (Lipinski definition) is 3. The number of aliphatic hydroxyl groups excluding tert-OH is 1. The maximum Gasteiger partial charge on any atom is 0.253 e. The lowest BCUT2D eigenvalue weighted by Gasteiger charge is -2.18. The Morgan fingerprint density at radius 3 is 2.55 bits per heavy atom. The maximum absolute atomic E-state index is 12.2. The summed E-state index contributed by atoms with van der Waals surface area (Å²) in [6.45, 7) is 0.259. The summed E-state index contributed by atoms with van der Waals surface area (Å²) in [6, 6.07) is 6.63. The Hall–Kier alpha value is -1.88.